The average molecular weight is 421 g/mol. The van der Waals surface area contributed by atoms with Crippen LogP contribution in [-0.2, 0) is 11.3 Å². The number of aryl methyl sites for hydroxylation is 1. The molecule has 4 rings (SSSR count). The Kier molecular flexibility index (Phi) is 6.27. The summed E-state index contributed by atoms with van der Waals surface area (Å²) in [6, 6.07) is 10.1. The molecule has 0 saturated carbocycles. The molecule has 1 fully saturated rings. The van der Waals surface area contributed by atoms with E-state index < -0.39 is 0 Å². The number of carbonyl (C=O) groups is 1. The van der Waals surface area contributed by atoms with Gasteiger partial charge in [-0.3, -0.25) is 9.48 Å². The molecule has 0 unspecified atom stereocenters. The Hall–Kier alpha value is -3.26. The first-order valence-corrected chi connectivity index (χ1v) is 10.6. The Labute approximate surface area is 182 Å². The summed E-state index contributed by atoms with van der Waals surface area (Å²) in [5, 5.41) is 7.28. The van der Waals surface area contributed by atoms with Gasteiger partial charge >= 0.3 is 0 Å². The Morgan fingerprint density at radius 3 is 2.61 bits per heavy atom. The van der Waals surface area contributed by atoms with Crippen LogP contribution in [0.15, 0.2) is 42.7 Å². The van der Waals surface area contributed by atoms with Crippen LogP contribution in [-0.4, -0.2) is 52.0 Å². The number of hydrogen-bond donors (Lipinski definition) is 1. The summed E-state index contributed by atoms with van der Waals surface area (Å²) in [6.45, 7) is 9.52. The molecule has 0 bridgehead atoms. The fraction of sp³-hybridized carbons (Fsp3) is 0.391. The van der Waals surface area contributed by atoms with E-state index in [-0.39, 0.29) is 11.8 Å². The first kappa shape index (κ1) is 21.0. The molecule has 3 aromatic rings. The van der Waals surface area contributed by atoms with Gasteiger partial charge in [0.05, 0.1) is 31.6 Å². The zero-order chi connectivity index (χ0) is 21.8. The Bertz CT molecular complexity index is 1040. The molecule has 8 nitrogen and oxygen atoms in total. The third-order valence-corrected chi connectivity index (χ3v) is 5.21. The molecular weight excluding hydrogens is 392 g/mol. The first-order chi connectivity index (χ1) is 15.0. The van der Waals surface area contributed by atoms with Gasteiger partial charge in [-0.1, -0.05) is 43.7 Å². The number of hydrogen-bond acceptors (Lipinski definition) is 6. The van der Waals surface area contributed by atoms with E-state index in [1.54, 1.807) is 16.9 Å². The van der Waals surface area contributed by atoms with E-state index in [0.717, 1.165) is 11.3 Å². The molecule has 1 aliphatic heterocycles. The summed E-state index contributed by atoms with van der Waals surface area (Å²) in [6.07, 6.45) is 3.48. The smallest absolute Gasteiger partial charge is 0.274 e. The fourth-order valence-corrected chi connectivity index (χ4v) is 3.36. The molecule has 1 aromatic carbocycles. The molecule has 0 atom stereocenters. The summed E-state index contributed by atoms with van der Waals surface area (Å²) >= 11 is 0. The van der Waals surface area contributed by atoms with Crippen LogP contribution in [0.1, 0.15) is 47.1 Å². The average Bonchev–Trinajstić information content (AvgIpc) is 3.22. The van der Waals surface area contributed by atoms with Gasteiger partial charge in [0.15, 0.2) is 0 Å². The molecule has 3 heterocycles. The minimum atomic E-state index is -0.270. The van der Waals surface area contributed by atoms with E-state index in [0.29, 0.717) is 50.2 Å². The Morgan fingerprint density at radius 2 is 1.90 bits per heavy atom. The Balaban J connectivity index is 1.49. The molecule has 1 saturated heterocycles. The number of carbonyl (C=O) groups excluding carboxylic acids is 1. The van der Waals surface area contributed by atoms with Crippen molar-refractivity contribution in [1.82, 2.24) is 19.7 Å². The minimum absolute atomic E-state index is 0.187. The van der Waals surface area contributed by atoms with E-state index >= 15 is 0 Å². The van der Waals surface area contributed by atoms with Crippen LogP contribution in [0.25, 0.3) is 0 Å². The van der Waals surface area contributed by atoms with Crippen molar-refractivity contribution in [2.24, 2.45) is 0 Å². The van der Waals surface area contributed by atoms with Crippen molar-refractivity contribution in [2.45, 2.75) is 33.2 Å². The fourth-order valence-electron chi connectivity index (χ4n) is 3.36. The lowest BCUT2D eigenvalue weighted by atomic mass is 10.1. The maximum Gasteiger partial charge on any atom is 0.274 e. The maximum atomic E-state index is 12.9. The van der Waals surface area contributed by atoms with Crippen LogP contribution in [0.2, 0.25) is 0 Å². The lowest BCUT2D eigenvalue weighted by Crippen LogP contribution is -2.38. The van der Waals surface area contributed by atoms with Gasteiger partial charge < -0.3 is 15.0 Å². The van der Waals surface area contributed by atoms with Crippen molar-refractivity contribution in [3.8, 4) is 0 Å². The topological polar surface area (TPSA) is 85.2 Å². The van der Waals surface area contributed by atoms with Crippen LogP contribution in [0.3, 0.4) is 0 Å². The highest BCUT2D eigenvalue weighted by Gasteiger charge is 2.19. The lowest BCUT2D eigenvalue weighted by Gasteiger charge is -2.27. The molecule has 162 valence electrons. The molecule has 8 heteroatoms. The van der Waals surface area contributed by atoms with Crippen LogP contribution in [0.4, 0.5) is 11.6 Å². The Morgan fingerprint density at radius 1 is 1.16 bits per heavy atom. The van der Waals surface area contributed by atoms with Gasteiger partial charge in [-0.2, -0.15) is 5.10 Å². The summed E-state index contributed by atoms with van der Waals surface area (Å²) in [5.41, 5.74) is 4.20. The standard InChI is InChI=1S/C23H28N6O2/c1-16(2)20-12-21(27-23(26-20)28-8-10-31-11-9-28)22(30)25-19-13-24-29(15-19)14-18-6-4-17(3)5-7-18/h4-7,12-13,15-16H,8-11,14H2,1-3H3,(H,25,30). The monoisotopic (exact) mass is 420 g/mol. The van der Waals surface area contributed by atoms with Crippen molar-refractivity contribution in [3.05, 3.63) is 65.2 Å². The number of morpholine rings is 1. The number of aromatic nitrogens is 4. The zero-order valence-electron chi connectivity index (χ0n) is 18.2. The first-order valence-electron chi connectivity index (χ1n) is 10.6. The molecule has 1 amide bonds. The maximum absolute atomic E-state index is 12.9. The van der Waals surface area contributed by atoms with Crippen LogP contribution in [0.5, 0.6) is 0 Å². The third-order valence-electron chi connectivity index (χ3n) is 5.21. The normalized spacial score (nSPS) is 14.1. The molecular formula is C23H28N6O2. The molecule has 0 aliphatic carbocycles. The van der Waals surface area contributed by atoms with E-state index in [9.17, 15) is 4.79 Å². The molecule has 1 N–H and O–H groups in total. The highest BCUT2D eigenvalue weighted by molar-refractivity contribution is 6.03. The molecule has 0 spiro atoms. The van der Waals surface area contributed by atoms with E-state index in [2.05, 4.69) is 70.3 Å². The predicted molar refractivity (Wildman–Crippen MR) is 120 cm³/mol. The van der Waals surface area contributed by atoms with Crippen molar-refractivity contribution >= 4 is 17.5 Å². The van der Waals surface area contributed by atoms with Gasteiger partial charge in [0.25, 0.3) is 5.91 Å². The highest BCUT2D eigenvalue weighted by atomic mass is 16.5. The second-order valence-corrected chi connectivity index (χ2v) is 8.10. The van der Waals surface area contributed by atoms with Crippen molar-refractivity contribution < 1.29 is 9.53 Å². The summed E-state index contributed by atoms with van der Waals surface area (Å²) in [4.78, 5) is 24.2. The van der Waals surface area contributed by atoms with Gasteiger partial charge in [-0.15, -0.1) is 0 Å². The van der Waals surface area contributed by atoms with Gasteiger partial charge in [-0.05, 0) is 24.5 Å². The van der Waals surface area contributed by atoms with Crippen molar-refractivity contribution in [3.63, 3.8) is 0 Å². The number of amides is 1. The molecule has 2 aromatic heterocycles. The van der Waals surface area contributed by atoms with Crippen molar-refractivity contribution in [2.75, 3.05) is 36.5 Å². The van der Waals surface area contributed by atoms with Gasteiger partial charge in [0.1, 0.15) is 5.69 Å². The SMILES string of the molecule is Cc1ccc(Cn2cc(NC(=O)c3cc(C(C)C)nc(N4CCOCC4)n3)cn2)cc1. The molecule has 0 radical (unpaired) electrons. The van der Waals surface area contributed by atoms with E-state index in [4.69, 9.17) is 4.74 Å². The minimum Gasteiger partial charge on any atom is -0.378 e. The zero-order valence-corrected chi connectivity index (χ0v) is 18.2. The van der Waals surface area contributed by atoms with Gasteiger partial charge in [0.2, 0.25) is 5.95 Å². The summed E-state index contributed by atoms with van der Waals surface area (Å²) < 4.78 is 7.23. The number of rotatable bonds is 6. The lowest BCUT2D eigenvalue weighted by molar-refractivity contribution is 0.102. The van der Waals surface area contributed by atoms with Gasteiger partial charge in [0, 0.05) is 25.0 Å². The summed E-state index contributed by atoms with van der Waals surface area (Å²) in [7, 11) is 0. The van der Waals surface area contributed by atoms with Crippen LogP contribution in [0, 0.1) is 6.92 Å². The third kappa shape index (κ3) is 5.27. The number of anilines is 2. The van der Waals surface area contributed by atoms with Crippen LogP contribution >= 0.6 is 0 Å². The van der Waals surface area contributed by atoms with Gasteiger partial charge in [-0.25, -0.2) is 9.97 Å². The van der Waals surface area contributed by atoms with E-state index in [1.165, 1.54) is 5.56 Å². The number of nitrogens with one attached hydrogen (secondary N) is 1. The highest BCUT2D eigenvalue weighted by Crippen LogP contribution is 2.19. The van der Waals surface area contributed by atoms with E-state index in [1.807, 2.05) is 6.20 Å². The number of ether oxygens (including phenoxy) is 1. The largest absolute Gasteiger partial charge is 0.378 e. The second-order valence-electron chi connectivity index (χ2n) is 8.10. The quantitative estimate of drug-likeness (QED) is 0.659. The molecule has 1 aliphatic rings. The number of benzene rings is 1. The molecule has 31 heavy (non-hydrogen) atoms. The predicted octanol–water partition coefficient (Wildman–Crippen LogP) is 3.24. The number of nitrogens with zero attached hydrogens (tertiary/aromatic N) is 5. The summed E-state index contributed by atoms with van der Waals surface area (Å²) in [5.74, 6) is 0.495. The van der Waals surface area contributed by atoms with Crippen LogP contribution < -0.4 is 10.2 Å². The second kappa shape index (κ2) is 9.26. The van der Waals surface area contributed by atoms with Crippen molar-refractivity contribution in [1.29, 1.82) is 0 Å².